The second-order valence-electron chi connectivity index (χ2n) is 8.50. The number of nitrogens with zero attached hydrogens (tertiary/aromatic N) is 4. The van der Waals surface area contributed by atoms with E-state index < -0.39 is 0 Å². The Morgan fingerprint density at radius 3 is 2.50 bits per heavy atom. The molecule has 1 amide bonds. The van der Waals surface area contributed by atoms with Crippen LogP contribution in [0.3, 0.4) is 0 Å². The number of ether oxygens (including phenoxy) is 1. The third kappa shape index (κ3) is 4.39. The summed E-state index contributed by atoms with van der Waals surface area (Å²) in [7, 11) is 0. The Labute approximate surface area is 202 Å². The van der Waals surface area contributed by atoms with Crippen LogP contribution in [-0.2, 0) is 11.4 Å². The number of hydrogen-bond acceptors (Lipinski definition) is 5. The average molecular weight is 474 g/mol. The highest BCUT2D eigenvalue weighted by molar-refractivity contribution is 6.30. The monoisotopic (exact) mass is 473 g/mol. The summed E-state index contributed by atoms with van der Waals surface area (Å²) in [5.41, 5.74) is 5.60. The van der Waals surface area contributed by atoms with Gasteiger partial charge in [0.25, 0.3) is 5.95 Å². The summed E-state index contributed by atoms with van der Waals surface area (Å²) in [6.45, 7) is 6.22. The Balaban J connectivity index is 1.43. The van der Waals surface area contributed by atoms with Gasteiger partial charge in [0, 0.05) is 34.3 Å². The molecule has 4 aromatic rings. The summed E-state index contributed by atoms with van der Waals surface area (Å²) in [5.74, 6) is 1.65. The number of halogens is 1. The largest absolute Gasteiger partial charge is 0.489 e. The van der Waals surface area contributed by atoms with Gasteiger partial charge in [0.1, 0.15) is 18.2 Å². The highest BCUT2D eigenvalue weighted by Gasteiger charge is 2.33. The molecule has 172 valence electrons. The smallest absolute Gasteiger partial charge is 0.252 e. The van der Waals surface area contributed by atoms with Crippen molar-refractivity contribution in [2.24, 2.45) is 0 Å². The molecule has 0 saturated heterocycles. The van der Waals surface area contributed by atoms with Crippen LogP contribution in [-0.4, -0.2) is 25.7 Å². The number of hydrogen-bond donors (Lipinski definition) is 1. The quantitative estimate of drug-likeness (QED) is 0.425. The lowest BCUT2D eigenvalue weighted by molar-refractivity contribution is -0.116. The normalized spacial score (nSPS) is 15.1. The van der Waals surface area contributed by atoms with Crippen molar-refractivity contribution in [2.45, 2.75) is 39.7 Å². The number of aromatic nitrogens is 4. The molecule has 5 rings (SSSR count). The molecule has 2 aromatic heterocycles. The van der Waals surface area contributed by atoms with Crippen LogP contribution in [0, 0.1) is 20.8 Å². The van der Waals surface area contributed by atoms with E-state index >= 15 is 0 Å². The number of nitrogens with one attached hydrogen (secondary N) is 1. The Morgan fingerprint density at radius 2 is 1.79 bits per heavy atom. The molecular formula is C26H24ClN5O2. The fourth-order valence-electron chi connectivity index (χ4n) is 4.35. The summed E-state index contributed by atoms with van der Waals surface area (Å²) < 4.78 is 7.49. The van der Waals surface area contributed by atoms with E-state index in [1.165, 1.54) is 0 Å². The van der Waals surface area contributed by atoms with Crippen LogP contribution in [0.1, 0.15) is 46.1 Å². The van der Waals surface area contributed by atoms with Crippen LogP contribution in [0.25, 0.3) is 5.95 Å². The van der Waals surface area contributed by atoms with Crippen LogP contribution in [0.2, 0.25) is 5.02 Å². The molecule has 1 aliphatic rings. The maximum Gasteiger partial charge on any atom is 0.252 e. The van der Waals surface area contributed by atoms with Crippen LogP contribution in [0.15, 0.2) is 54.6 Å². The average Bonchev–Trinajstić information content (AvgIpc) is 3.13. The summed E-state index contributed by atoms with van der Waals surface area (Å²) in [6.07, 6.45) is 0.353. The van der Waals surface area contributed by atoms with Crippen molar-refractivity contribution in [1.82, 2.24) is 19.7 Å². The molecule has 0 fully saturated rings. The zero-order valence-electron chi connectivity index (χ0n) is 19.2. The van der Waals surface area contributed by atoms with Crippen LogP contribution >= 0.6 is 11.6 Å². The van der Waals surface area contributed by atoms with Crippen molar-refractivity contribution < 1.29 is 9.53 Å². The zero-order chi connectivity index (χ0) is 23.8. The number of aryl methyl sites for hydroxylation is 3. The number of anilines is 1. The SMILES string of the molecule is Cc1cc(C)nc(-n2nc(C)c3c2NC(=O)CC3c2ccc(COc3cccc(Cl)c3)cc2)n1. The molecule has 34 heavy (non-hydrogen) atoms. The van der Waals surface area contributed by atoms with E-state index in [2.05, 4.69) is 20.4 Å². The topological polar surface area (TPSA) is 81.9 Å². The molecule has 0 bridgehead atoms. The van der Waals surface area contributed by atoms with Crippen LogP contribution in [0.4, 0.5) is 5.82 Å². The van der Waals surface area contributed by atoms with Gasteiger partial charge in [0.15, 0.2) is 0 Å². The summed E-state index contributed by atoms with van der Waals surface area (Å²) in [6, 6.07) is 17.4. The maximum absolute atomic E-state index is 12.7. The van der Waals surface area contributed by atoms with E-state index in [1.54, 1.807) is 10.7 Å². The maximum atomic E-state index is 12.7. The third-order valence-corrected chi connectivity index (χ3v) is 6.08. The number of rotatable bonds is 5. The first-order valence-corrected chi connectivity index (χ1v) is 11.4. The molecule has 1 unspecified atom stereocenters. The Hall–Kier alpha value is -3.71. The first-order valence-electron chi connectivity index (χ1n) is 11.1. The van der Waals surface area contributed by atoms with E-state index in [0.717, 1.165) is 39.5 Å². The number of amides is 1. The molecule has 0 spiro atoms. The standard InChI is InChI=1S/C26H24ClN5O2/c1-15-11-16(2)29-26(28-15)32-25-24(17(3)31-32)22(13-23(33)30-25)19-9-7-18(8-10-19)14-34-21-6-4-5-20(27)12-21/h4-12,22H,13-14H2,1-3H3,(H,30,33). The van der Waals surface area contributed by atoms with Gasteiger partial charge in [-0.1, -0.05) is 41.9 Å². The third-order valence-electron chi connectivity index (χ3n) is 5.85. The molecule has 1 N–H and O–H groups in total. The highest BCUT2D eigenvalue weighted by Crippen LogP contribution is 2.40. The molecule has 7 nitrogen and oxygen atoms in total. The Kier molecular flexibility index (Phi) is 5.79. The van der Waals surface area contributed by atoms with Gasteiger partial charge in [0.2, 0.25) is 5.91 Å². The fourth-order valence-corrected chi connectivity index (χ4v) is 4.53. The number of carbonyl (C=O) groups is 1. The minimum Gasteiger partial charge on any atom is -0.489 e. The van der Waals surface area contributed by atoms with Gasteiger partial charge in [-0.15, -0.1) is 0 Å². The lowest BCUT2D eigenvalue weighted by atomic mass is 9.85. The number of benzene rings is 2. The van der Waals surface area contributed by atoms with Gasteiger partial charge in [-0.05, 0) is 56.2 Å². The number of fused-ring (bicyclic) bond motifs is 1. The van der Waals surface area contributed by atoms with Crippen molar-refractivity contribution in [1.29, 1.82) is 0 Å². The first kappa shape index (κ1) is 22.1. The minimum absolute atomic E-state index is 0.0589. The molecule has 1 atom stereocenters. The lowest BCUT2D eigenvalue weighted by Gasteiger charge is -2.24. The van der Waals surface area contributed by atoms with Gasteiger partial charge >= 0.3 is 0 Å². The number of carbonyl (C=O) groups excluding carboxylic acids is 1. The van der Waals surface area contributed by atoms with Crippen molar-refractivity contribution in [3.05, 3.63) is 93.4 Å². The zero-order valence-corrected chi connectivity index (χ0v) is 19.9. The summed E-state index contributed by atoms with van der Waals surface area (Å²) in [5, 5.41) is 8.32. The predicted octanol–water partition coefficient (Wildman–Crippen LogP) is 5.29. The van der Waals surface area contributed by atoms with Gasteiger partial charge in [0.05, 0.1) is 5.69 Å². The molecule has 1 aliphatic heterocycles. The van der Waals surface area contributed by atoms with Crippen molar-refractivity contribution in [2.75, 3.05) is 5.32 Å². The molecule has 3 heterocycles. The van der Waals surface area contributed by atoms with Gasteiger partial charge in [-0.2, -0.15) is 9.78 Å². The van der Waals surface area contributed by atoms with Crippen molar-refractivity contribution in [3.8, 4) is 11.7 Å². The predicted molar refractivity (Wildman–Crippen MR) is 131 cm³/mol. The summed E-state index contributed by atoms with van der Waals surface area (Å²) >= 11 is 6.03. The lowest BCUT2D eigenvalue weighted by Crippen LogP contribution is -2.25. The Bertz CT molecular complexity index is 1360. The van der Waals surface area contributed by atoms with Crippen LogP contribution in [0.5, 0.6) is 5.75 Å². The first-order chi connectivity index (χ1) is 16.4. The summed E-state index contributed by atoms with van der Waals surface area (Å²) in [4.78, 5) is 21.7. The van der Waals surface area contributed by atoms with Gasteiger partial charge in [-0.25, -0.2) is 9.97 Å². The molecule has 0 radical (unpaired) electrons. The van der Waals surface area contributed by atoms with E-state index in [1.807, 2.05) is 69.3 Å². The molecular weight excluding hydrogens is 450 g/mol. The fraction of sp³-hybridized carbons (Fsp3) is 0.231. The van der Waals surface area contributed by atoms with Gasteiger partial charge < -0.3 is 10.1 Å². The Morgan fingerprint density at radius 1 is 1.06 bits per heavy atom. The van der Waals surface area contributed by atoms with E-state index in [0.29, 0.717) is 29.8 Å². The minimum atomic E-state index is -0.105. The molecule has 8 heteroatoms. The van der Waals surface area contributed by atoms with E-state index in [-0.39, 0.29) is 11.8 Å². The molecule has 0 saturated carbocycles. The van der Waals surface area contributed by atoms with Crippen LogP contribution < -0.4 is 10.1 Å². The second-order valence-corrected chi connectivity index (χ2v) is 8.94. The van der Waals surface area contributed by atoms with Gasteiger partial charge in [-0.3, -0.25) is 4.79 Å². The molecule has 2 aromatic carbocycles. The van der Waals surface area contributed by atoms with Crippen molar-refractivity contribution in [3.63, 3.8) is 0 Å². The second kappa shape index (κ2) is 8.91. The van der Waals surface area contributed by atoms with E-state index in [9.17, 15) is 4.79 Å². The van der Waals surface area contributed by atoms with Crippen molar-refractivity contribution >= 4 is 23.3 Å². The highest BCUT2D eigenvalue weighted by atomic mass is 35.5. The van der Waals surface area contributed by atoms with E-state index in [4.69, 9.17) is 16.3 Å². The molecule has 0 aliphatic carbocycles.